The van der Waals surface area contributed by atoms with E-state index in [0.29, 0.717) is 19.4 Å². The number of fused-ring (bicyclic) bond motifs is 2. The molecule has 2 fully saturated rings. The highest BCUT2D eigenvalue weighted by atomic mass is 16.6. The number of hydrogen-bond donors (Lipinski definition) is 1. The summed E-state index contributed by atoms with van der Waals surface area (Å²) in [7, 11) is 0. The Hall–Kier alpha value is -2.97. The second kappa shape index (κ2) is 9.65. The van der Waals surface area contributed by atoms with Crippen molar-refractivity contribution >= 4 is 23.5 Å². The van der Waals surface area contributed by atoms with Crippen molar-refractivity contribution in [1.29, 1.82) is 0 Å². The van der Waals surface area contributed by atoms with E-state index in [1.807, 2.05) is 71.0 Å². The molecule has 4 aliphatic heterocycles. The Bertz CT molecular complexity index is 1210. The molecule has 5 rings (SSSR count). The van der Waals surface area contributed by atoms with E-state index >= 15 is 0 Å². The molecule has 7 atom stereocenters. The van der Waals surface area contributed by atoms with Crippen LogP contribution in [0.15, 0.2) is 42.5 Å². The average Bonchev–Trinajstić information content (AvgIpc) is 3.18. The quantitative estimate of drug-likeness (QED) is 0.456. The highest BCUT2D eigenvalue weighted by Gasteiger charge is 2.76. The van der Waals surface area contributed by atoms with E-state index in [2.05, 4.69) is 0 Å². The van der Waals surface area contributed by atoms with Crippen LogP contribution in [0.1, 0.15) is 44.7 Å². The van der Waals surface area contributed by atoms with Crippen molar-refractivity contribution in [2.45, 2.75) is 70.7 Å². The molecule has 0 radical (unpaired) electrons. The van der Waals surface area contributed by atoms with E-state index in [9.17, 15) is 19.5 Å². The van der Waals surface area contributed by atoms with E-state index in [0.717, 1.165) is 16.8 Å². The first-order valence-corrected chi connectivity index (χ1v) is 13.7. The number of cyclic esters (lactones) is 1. The number of nitrogens with zero attached hydrogens (tertiary/aromatic N) is 2. The third kappa shape index (κ3) is 3.67. The summed E-state index contributed by atoms with van der Waals surface area (Å²) < 4.78 is 12.4. The topological polar surface area (TPSA) is 96.4 Å². The summed E-state index contributed by atoms with van der Waals surface area (Å²) in [5.41, 5.74) is 0.290. The van der Waals surface area contributed by atoms with E-state index < -0.39 is 41.1 Å². The van der Waals surface area contributed by atoms with E-state index in [-0.39, 0.29) is 30.9 Å². The maximum Gasteiger partial charge on any atom is 0.313 e. The van der Waals surface area contributed by atoms with Gasteiger partial charge in [0, 0.05) is 12.2 Å². The summed E-state index contributed by atoms with van der Waals surface area (Å²) in [5.74, 6) is -3.03. The SMILES string of the molecule is CC[C@H](C)[C@H](CO)N1C(=O)[C@@H]2[C@@H]3C(=O)OCC=C[C@]3(CC)O[C@@]23C=CCN(c2cc(C)ccc2C)C(=O)C13. The lowest BCUT2D eigenvalue weighted by Crippen LogP contribution is -2.60. The molecule has 0 aromatic heterocycles. The van der Waals surface area contributed by atoms with Gasteiger partial charge in [0.05, 0.1) is 18.6 Å². The maximum absolute atomic E-state index is 14.7. The van der Waals surface area contributed by atoms with Crippen molar-refractivity contribution < 1.29 is 29.0 Å². The first-order chi connectivity index (χ1) is 18.2. The van der Waals surface area contributed by atoms with Crippen molar-refractivity contribution in [2.24, 2.45) is 17.8 Å². The molecule has 2 amide bonds. The van der Waals surface area contributed by atoms with Gasteiger partial charge < -0.3 is 24.4 Å². The fourth-order valence-electron chi connectivity index (χ4n) is 6.93. The minimum absolute atomic E-state index is 0.0778. The largest absolute Gasteiger partial charge is 0.461 e. The Kier molecular flexibility index (Phi) is 6.76. The molecule has 0 bridgehead atoms. The van der Waals surface area contributed by atoms with Crippen LogP contribution in [0.5, 0.6) is 0 Å². The number of carbonyl (C=O) groups excluding carboxylic acids is 3. The molecule has 38 heavy (non-hydrogen) atoms. The van der Waals surface area contributed by atoms with Crippen molar-refractivity contribution in [1.82, 2.24) is 4.90 Å². The highest BCUT2D eigenvalue weighted by Crippen LogP contribution is 2.59. The van der Waals surface area contributed by atoms with Gasteiger partial charge in [0.2, 0.25) is 5.91 Å². The minimum Gasteiger partial charge on any atom is -0.461 e. The van der Waals surface area contributed by atoms with Crippen LogP contribution < -0.4 is 4.90 Å². The molecule has 1 unspecified atom stereocenters. The van der Waals surface area contributed by atoms with Gasteiger partial charge in [0.25, 0.3) is 5.91 Å². The Morgan fingerprint density at radius 1 is 1.08 bits per heavy atom. The summed E-state index contributed by atoms with van der Waals surface area (Å²) >= 11 is 0. The summed E-state index contributed by atoms with van der Waals surface area (Å²) in [6.45, 7) is 9.94. The Labute approximate surface area is 224 Å². The number of carbonyl (C=O) groups is 3. The number of hydrogen-bond acceptors (Lipinski definition) is 6. The van der Waals surface area contributed by atoms with Crippen LogP contribution in [-0.2, 0) is 23.9 Å². The molecule has 0 aliphatic carbocycles. The lowest BCUT2D eigenvalue weighted by molar-refractivity contribution is -0.159. The molecule has 1 aromatic carbocycles. The number of anilines is 1. The number of aryl methyl sites for hydroxylation is 2. The standard InChI is InChI=1S/C30H38N2O6/c1-6-19(4)22(17-33)32-25-27(35)31(21-16-18(3)10-11-20(21)5)14-8-13-30(25)23(26(32)34)24-28(36)37-15-9-12-29(24,7-2)38-30/h8-13,16,19,22-25,33H,6-7,14-15,17H2,1-5H3/t19-,22-,23-,24+,25?,29-,30-/m0/s1. The third-order valence-corrected chi connectivity index (χ3v) is 9.13. The van der Waals surface area contributed by atoms with Gasteiger partial charge in [-0.3, -0.25) is 14.4 Å². The molecular weight excluding hydrogens is 484 g/mol. The van der Waals surface area contributed by atoms with Crippen LogP contribution >= 0.6 is 0 Å². The lowest BCUT2D eigenvalue weighted by Gasteiger charge is -2.42. The summed E-state index contributed by atoms with van der Waals surface area (Å²) in [4.78, 5) is 45.8. The van der Waals surface area contributed by atoms with Crippen LogP contribution in [0.3, 0.4) is 0 Å². The number of aliphatic hydroxyl groups excluding tert-OH is 1. The molecule has 2 saturated heterocycles. The maximum atomic E-state index is 14.7. The normalized spacial score (nSPS) is 33.8. The van der Waals surface area contributed by atoms with Gasteiger partial charge in [-0.2, -0.15) is 0 Å². The Morgan fingerprint density at radius 3 is 2.53 bits per heavy atom. The van der Waals surface area contributed by atoms with Crippen molar-refractivity contribution in [3.63, 3.8) is 0 Å². The molecule has 4 aliphatic rings. The third-order valence-electron chi connectivity index (χ3n) is 9.13. The molecule has 4 heterocycles. The zero-order valence-corrected chi connectivity index (χ0v) is 22.8. The molecule has 1 spiro atoms. The zero-order valence-electron chi connectivity index (χ0n) is 22.8. The van der Waals surface area contributed by atoms with Gasteiger partial charge in [0.15, 0.2) is 0 Å². The van der Waals surface area contributed by atoms with E-state index in [1.54, 1.807) is 11.0 Å². The number of rotatable bonds is 6. The summed E-state index contributed by atoms with van der Waals surface area (Å²) in [6.07, 6.45) is 8.47. The van der Waals surface area contributed by atoms with Crippen molar-refractivity contribution in [3.05, 3.63) is 53.6 Å². The fraction of sp³-hybridized carbons (Fsp3) is 0.567. The molecular formula is C30H38N2O6. The van der Waals surface area contributed by atoms with Crippen LogP contribution in [-0.4, -0.2) is 70.8 Å². The Balaban J connectivity index is 1.72. The predicted octanol–water partition coefficient (Wildman–Crippen LogP) is 3.09. The zero-order chi connectivity index (χ0) is 27.4. The van der Waals surface area contributed by atoms with Crippen LogP contribution in [0, 0.1) is 31.6 Å². The predicted molar refractivity (Wildman–Crippen MR) is 142 cm³/mol. The minimum atomic E-state index is -1.37. The van der Waals surface area contributed by atoms with Gasteiger partial charge in [-0.25, -0.2) is 0 Å². The number of ether oxygens (including phenoxy) is 2. The van der Waals surface area contributed by atoms with E-state index in [1.165, 1.54) is 4.90 Å². The number of esters is 1. The van der Waals surface area contributed by atoms with E-state index in [4.69, 9.17) is 9.47 Å². The number of aliphatic hydroxyl groups is 1. The summed E-state index contributed by atoms with van der Waals surface area (Å²) in [6, 6.07) is 4.31. The van der Waals surface area contributed by atoms with Crippen LogP contribution in [0.4, 0.5) is 5.69 Å². The smallest absolute Gasteiger partial charge is 0.313 e. The monoisotopic (exact) mass is 522 g/mol. The molecule has 8 heteroatoms. The average molecular weight is 523 g/mol. The molecule has 1 aromatic rings. The fourth-order valence-corrected chi connectivity index (χ4v) is 6.93. The molecule has 8 nitrogen and oxygen atoms in total. The highest BCUT2D eigenvalue weighted by molar-refractivity contribution is 6.06. The molecule has 204 valence electrons. The first kappa shape index (κ1) is 26.6. The van der Waals surface area contributed by atoms with Crippen LogP contribution in [0.25, 0.3) is 0 Å². The van der Waals surface area contributed by atoms with Crippen LogP contribution in [0.2, 0.25) is 0 Å². The van der Waals surface area contributed by atoms with Crippen molar-refractivity contribution in [2.75, 3.05) is 24.7 Å². The van der Waals surface area contributed by atoms with Gasteiger partial charge in [-0.15, -0.1) is 0 Å². The summed E-state index contributed by atoms with van der Waals surface area (Å²) in [5, 5.41) is 10.5. The molecule has 0 saturated carbocycles. The van der Waals surface area contributed by atoms with Gasteiger partial charge in [-0.1, -0.05) is 57.6 Å². The van der Waals surface area contributed by atoms with Gasteiger partial charge in [-0.05, 0) is 49.5 Å². The van der Waals surface area contributed by atoms with Gasteiger partial charge >= 0.3 is 5.97 Å². The number of likely N-dealkylation sites (tertiary alicyclic amines) is 1. The molecule has 1 N–H and O–H groups in total. The second-order valence-corrected chi connectivity index (χ2v) is 11.2. The number of benzene rings is 1. The Morgan fingerprint density at radius 2 is 1.84 bits per heavy atom. The first-order valence-electron chi connectivity index (χ1n) is 13.7. The van der Waals surface area contributed by atoms with Crippen molar-refractivity contribution in [3.8, 4) is 0 Å². The second-order valence-electron chi connectivity index (χ2n) is 11.2. The number of amides is 2. The van der Waals surface area contributed by atoms with Gasteiger partial charge in [0.1, 0.15) is 29.8 Å². The lowest BCUT2D eigenvalue weighted by atomic mass is 9.73.